The second-order valence-corrected chi connectivity index (χ2v) is 8.34. The number of nitrogens with zero attached hydrogens (tertiary/aromatic N) is 3. The Hall–Kier alpha value is -1.82. The molecule has 0 atom stereocenters. The van der Waals surface area contributed by atoms with Crippen LogP contribution in [0.25, 0.3) is 0 Å². The van der Waals surface area contributed by atoms with Gasteiger partial charge in [-0.25, -0.2) is 9.97 Å². The highest BCUT2D eigenvalue weighted by atomic mass is 32.2. The van der Waals surface area contributed by atoms with E-state index in [1.54, 1.807) is 30.5 Å². The number of aromatic nitrogens is 3. The molecule has 2 rings (SSSR count). The van der Waals surface area contributed by atoms with E-state index in [1.165, 1.54) is 0 Å². The zero-order valence-electron chi connectivity index (χ0n) is 14.2. The van der Waals surface area contributed by atoms with E-state index in [9.17, 15) is 4.79 Å². The maximum atomic E-state index is 12.0. The number of nitrogens with one attached hydrogen (secondary N) is 1. The average Bonchev–Trinajstić information content (AvgIpc) is 2.87. The summed E-state index contributed by atoms with van der Waals surface area (Å²) in [6.07, 6.45) is 6.51. The molecule has 1 amide bonds. The molecule has 23 heavy (non-hydrogen) atoms. The third-order valence-electron chi connectivity index (χ3n) is 3.22. The van der Waals surface area contributed by atoms with Gasteiger partial charge >= 0.3 is 0 Å². The van der Waals surface area contributed by atoms with Gasteiger partial charge in [-0.2, -0.15) is 0 Å². The highest BCUT2D eigenvalue weighted by Gasteiger charge is 2.13. The smallest absolute Gasteiger partial charge is 0.220 e. The number of pyridine rings is 1. The molecule has 6 heteroatoms. The first-order valence-corrected chi connectivity index (χ1v) is 8.51. The molecule has 2 aromatic heterocycles. The Morgan fingerprint density at radius 2 is 2.17 bits per heavy atom. The summed E-state index contributed by atoms with van der Waals surface area (Å²) in [6.45, 7) is 7.01. The van der Waals surface area contributed by atoms with Crippen LogP contribution in [0.15, 0.2) is 35.9 Å². The van der Waals surface area contributed by atoms with Crippen LogP contribution in [0.1, 0.15) is 38.4 Å². The highest BCUT2D eigenvalue weighted by Crippen LogP contribution is 2.30. The maximum Gasteiger partial charge on any atom is 0.220 e. The van der Waals surface area contributed by atoms with Crippen molar-refractivity contribution in [2.75, 3.05) is 0 Å². The lowest BCUT2D eigenvalue weighted by atomic mass is 10.2. The fourth-order valence-electron chi connectivity index (χ4n) is 2.09. The molecule has 0 bridgehead atoms. The van der Waals surface area contributed by atoms with E-state index in [0.29, 0.717) is 19.4 Å². The van der Waals surface area contributed by atoms with Crippen LogP contribution in [-0.2, 0) is 24.8 Å². The third-order valence-corrected chi connectivity index (χ3v) is 4.27. The van der Waals surface area contributed by atoms with Gasteiger partial charge in [0.1, 0.15) is 0 Å². The van der Waals surface area contributed by atoms with Gasteiger partial charge in [-0.3, -0.25) is 4.79 Å². The van der Waals surface area contributed by atoms with Crippen molar-refractivity contribution in [3.8, 4) is 0 Å². The number of amides is 1. The number of imidazole rings is 1. The lowest BCUT2D eigenvalue weighted by molar-refractivity contribution is -0.121. The van der Waals surface area contributed by atoms with Crippen LogP contribution in [0.2, 0.25) is 0 Å². The van der Waals surface area contributed by atoms with Crippen LogP contribution in [0, 0.1) is 0 Å². The van der Waals surface area contributed by atoms with Crippen molar-refractivity contribution in [3.63, 3.8) is 0 Å². The van der Waals surface area contributed by atoms with Crippen molar-refractivity contribution in [2.24, 2.45) is 7.05 Å². The molecule has 2 heterocycles. The van der Waals surface area contributed by atoms with Crippen LogP contribution < -0.4 is 5.32 Å². The molecule has 0 saturated heterocycles. The van der Waals surface area contributed by atoms with Crippen molar-refractivity contribution < 1.29 is 4.79 Å². The topological polar surface area (TPSA) is 59.8 Å². The summed E-state index contributed by atoms with van der Waals surface area (Å²) < 4.78 is 2.06. The number of hydrogen-bond donors (Lipinski definition) is 1. The van der Waals surface area contributed by atoms with E-state index < -0.39 is 0 Å². The molecule has 0 aliphatic rings. The number of rotatable bonds is 6. The van der Waals surface area contributed by atoms with E-state index in [4.69, 9.17) is 0 Å². The SMILES string of the molecule is Cn1cncc1CCC(=O)NCc1ccnc(SC(C)(C)C)c1. The molecule has 0 saturated carbocycles. The molecule has 0 aliphatic carbocycles. The van der Waals surface area contributed by atoms with Gasteiger partial charge in [-0.15, -0.1) is 11.8 Å². The number of aryl methyl sites for hydroxylation is 2. The van der Waals surface area contributed by atoms with Crippen molar-refractivity contribution >= 4 is 17.7 Å². The standard InChI is InChI=1S/C17H24N4OS/c1-17(2,3)23-16-9-13(7-8-19-16)10-20-15(22)6-5-14-11-18-12-21(14)4/h7-9,11-12H,5-6,10H2,1-4H3,(H,20,22). The zero-order chi connectivity index (χ0) is 16.9. The normalized spacial score (nSPS) is 11.5. The third kappa shape index (κ3) is 6.06. The summed E-state index contributed by atoms with van der Waals surface area (Å²) in [6, 6.07) is 3.98. The summed E-state index contributed by atoms with van der Waals surface area (Å²) in [7, 11) is 1.94. The monoisotopic (exact) mass is 332 g/mol. The van der Waals surface area contributed by atoms with Gasteiger partial charge in [-0.05, 0) is 24.1 Å². The van der Waals surface area contributed by atoms with Crippen molar-refractivity contribution in [1.29, 1.82) is 0 Å². The van der Waals surface area contributed by atoms with E-state index in [-0.39, 0.29) is 10.7 Å². The second-order valence-electron chi connectivity index (χ2n) is 6.49. The molecule has 2 aromatic rings. The summed E-state index contributed by atoms with van der Waals surface area (Å²) in [5.41, 5.74) is 2.13. The van der Waals surface area contributed by atoms with Crippen LogP contribution in [-0.4, -0.2) is 25.2 Å². The van der Waals surface area contributed by atoms with Gasteiger partial charge in [0.2, 0.25) is 5.91 Å². The van der Waals surface area contributed by atoms with Crippen LogP contribution >= 0.6 is 11.8 Å². The van der Waals surface area contributed by atoms with E-state index in [2.05, 4.69) is 36.1 Å². The van der Waals surface area contributed by atoms with Gasteiger partial charge in [-0.1, -0.05) is 20.8 Å². The summed E-state index contributed by atoms with van der Waals surface area (Å²) >= 11 is 1.73. The molecular weight excluding hydrogens is 308 g/mol. The fourth-order valence-corrected chi connectivity index (χ4v) is 3.04. The molecule has 124 valence electrons. The maximum absolute atomic E-state index is 12.0. The minimum atomic E-state index is 0.0491. The summed E-state index contributed by atoms with van der Waals surface area (Å²) in [5.74, 6) is 0.0491. The Kier molecular flexibility index (Phi) is 5.82. The molecule has 5 nitrogen and oxygen atoms in total. The Morgan fingerprint density at radius 1 is 1.39 bits per heavy atom. The van der Waals surface area contributed by atoms with Gasteiger partial charge in [0.25, 0.3) is 0 Å². The van der Waals surface area contributed by atoms with Crippen molar-refractivity contribution in [3.05, 3.63) is 42.1 Å². The average molecular weight is 332 g/mol. The second kappa shape index (κ2) is 7.64. The van der Waals surface area contributed by atoms with E-state index in [0.717, 1.165) is 16.3 Å². The molecule has 0 radical (unpaired) electrons. The minimum absolute atomic E-state index is 0.0491. The zero-order valence-corrected chi connectivity index (χ0v) is 15.0. The van der Waals surface area contributed by atoms with Crippen LogP contribution in [0.3, 0.4) is 0 Å². The molecular formula is C17H24N4OS. The molecule has 0 fully saturated rings. The van der Waals surface area contributed by atoms with Crippen molar-refractivity contribution in [2.45, 2.75) is 49.9 Å². The first-order valence-electron chi connectivity index (χ1n) is 7.69. The molecule has 0 aliphatic heterocycles. The molecule has 1 N–H and O–H groups in total. The Morgan fingerprint density at radius 3 is 2.83 bits per heavy atom. The van der Waals surface area contributed by atoms with Gasteiger partial charge in [0.05, 0.1) is 11.4 Å². The molecule has 0 spiro atoms. The predicted molar refractivity (Wildman–Crippen MR) is 93.2 cm³/mol. The predicted octanol–water partition coefficient (Wildman–Crippen LogP) is 2.95. The van der Waals surface area contributed by atoms with E-state index in [1.807, 2.05) is 23.7 Å². The van der Waals surface area contributed by atoms with Crippen molar-refractivity contribution in [1.82, 2.24) is 19.9 Å². The van der Waals surface area contributed by atoms with Gasteiger partial charge in [0.15, 0.2) is 0 Å². The fraction of sp³-hybridized carbons (Fsp3) is 0.471. The number of hydrogen-bond acceptors (Lipinski definition) is 4. The summed E-state index contributed by atoms with van der Waals surface area (Å²) in [4.78, 5) is 20.4. The number of thioether (sulfide) groups is 1. The molecule has 0 unspecified atom stereocenters. The largest absolute Gasteiger partial charge is 0.352 e. The van der Waals surface area contributed by atoms with Gasteiger partial charge in [0, 0.05) is 42.8 Å². The highest BCUT2D eigenvalue weighted by molar-refractivity contribution is 8.00. The minimum Gasteiger partial charge on any atom is -0.352 e. The molecule has 0 aromatic carbocycles. The lowest BCUT2D eigenvalue weighted by Gasteiger charge is -2.17. The van der Waals surface area contributed by atoms with Crippen LogP contribution in [0.4, 0.5) is 0 Å². The Labute approximate surface area is 141 Å². The lowest BCUT2D eigenvalue weighted by Crippen LogP contribution is -2.23. The number of carbonyl (C=O) groups is 1. The van der Waals surface area contributed by atoms with Gasteiger partial charge < -0.3 is 9.88 Å². The Balaban J connectivity index is 1.82. The number of carbonyl (C=O) groups excluding carboxylic acids is 1. The summed E-state index contributed by atoms with van der Waals surface area (Å²) in [5, 5.41) is 3.95. The Bertz CT molecular complexity index is 661. The first-order chi connectivity index (χ1) is 10.8. The quantitative estimate of drug-likeness (QED) is 0.826. The first kappa shape index (κ1) is 17.5. The van der Waals surface area contributed by atoms with Crippen LogP contribution in [0.5, 0.6) is 0 Å². The van der Waals surface area contributed by atoms with E-state index >= 15 is 0 Å².